The third kappa shape index (κ3) is 6.33. The van der Waals surface area contributed by atoms with E-state index in [1.165, 1.54) is 6.92 Å². The van der Waals surface area contributed by atoms with E-state index >= 15 is 0 Å². The van der Waals surface area contributed by atoms with Gasteiger partial charge in [-0.1, -0.05) is 0 Å². The molecule has 0 fully saturated rings. The van der Waals surface area contributed by atoms with Gasteiger partial charge in [-0.3, -0.25) is 9.59 Å². The van der Waals surface area contributed by atoms with Gasteiger partial charge in [0.2, 0.25) is 11.8 Å². The number of amides is 2. The molecule has 2 aromatic rings. The molecule has 0 aromatic heterocycles. The van der Waals surface area contributed by atoms with Crippen LogP contribution in [0.4, 0.5) is 11.4 Å². The molecular formula is C21H26N2O4. The first-order valence-electron chi connectivity index (χ1n) is 8.87. The number of nitrogens with zero attached hydrogens (tertiary/aromatic N) is 1. The maximum atomic E-state index is 12.2. The molecule has 0 bridgehead atoms. The van der Waals surface area contributed by atoms with Gasteiger partial charge >= 0.3 is 0 Å². The molecule has 0 radical (unpaired) electrons. The number of nitrogens with one attached hydrogen (secondary N) is 1. The van der Waals surface area contributed by atoms with Crippen LogP contribution in [0.15, 0.2) is 48.5 Å². The Balaban J connectivity index is 1.92. The number of anilines is 2. The minimum atomic E-state index is -0.160. The van der Waals surface area contributed by atoms with E-state index in [2.05, 4.69) is 5.32 Å². The largest absolute Gasteiger partial charge is 0.497 e. The molecule has 2 amide bonds. The predicted molar refractivity (Wildman–Crippen MR) is 106 cm³/mol. The number of rotatable bonds is 8. The Morgan fingerprint density at radius 1 is 1.00 bits per heavy atom. The molecular weight excluding hydrogens is 344 g/mol. The van der Waals surface area contributed by atoms with Crippen molar-refractivity contribution in [2.45, 2.75) is 33.3 Å². The van der Waals surface area contributed by atoms with E-state index in [4.69, 9.17) is 9.47 Å². The molecule has 0 heterocycles. The standard InChI is InChI=1S/C21H26N2O4/c1-15(2)27-20-9-5-17(6-10-20)22-21(25)13-14-23(16(3)24)18-7-11-19(26-4)12-8-18/h5-12,15H,13-14H2,1-4H3,(H,22,25). The van der Waals surface area contributed by atoms with E-state index in [-0.39, 0.29) is 24.3 Å². The minimum absolute atomic E-state index is 0.0981. The van der Waals surface area contributed by atoms with E-state index in [0.29, 0.717) is 18.0 Å². The summed E-state index contributed by atoms with van der Waals surface area (Å²) < 4.78 is 10.7. The summed E-state index contributed by atoms with van der Waals surface area (Å²) in [5, 5.41) is 2.83. The van der Waals surface area contributed by atoms with E-state index < -0.39 is 0 Å². The van der Waals surface area contributed by atoms with Crippen LogP contribution in [0.1, 0.15) is 27.2 Å². The summed E-state index contributed by atoms with van der Waals surface area (Å²) in [6, 6.07) is 14.4. The van der Waals surface area contributed by atoms with Crippen LogP contribution in [0.5, 0.6) is 11.5 Å². The molecule has 2 aromatic carbocycles. The van der Waals surface area contributed by atoms with Crippen molar-refractivity contribution in [3.8, 4) is 11.5 Å². The lowest BCUT2D eigenvalue weighted by molar-refractivity contribution is -0.117. The van der Waals surface area contributed by atoms with Gasteiger partial charge in [-0.15, -0.1) is 0 Å². The molecule has 6 nitrogen and oxygen atoms in total. The lowest BCUT2D eigenvalue weighted by Gasteiger charge is -2.21. The molecule has 144 valence electrons. The lowest BCUT2D eigenvalue weighted by Crippen LogP contribution is -2.31. The molecule has 0 aliphatic heterocycles. The highest BCUT2D eigenvalue weighted by molar-refractivity contribution is 5.94. The molecule has 6 heteroatoms. The summed E-state index contributed by atoms with van der Waals surface area (Å²) in [5.41, 5.74) is 1.42. The van der Waals surface area contributed by atoms with Crippen LogP contribution in [-0.4, -0.2) is 31.6 Å². The molecule has 0 aliphatic carbocycles. The summed E-state index contributed by atoms with van der Waals surface area (Å²) in [6.45, 7) is 5.69. The highest BCUT2D eigenvalue weighted by Gasteiger charge is 2.14. The fraction of sp³-hybridized carbons (Fsp3) is 0.333. The maximum absolute atomic E-state index is 12.2. The Hall–Kier alpha value is -3.02. The second kappa shape index (κ2) is 9.62. The van der Waals surface area contributed by atoms with Crippen LogP contribution in [0.2, 0.25) is 0 Å². The number of ether oxygens (including phenoxy) is 2. The van der Waals surface area contributed by atoms with E-state index in [1.54, 1.807) is 48.4 Å². The lowest BCUT2D eigenvalue weighted by atomic mass is 10.2. The van der Waals surface area contributed by atoms with Crippen LogP contribution >= 0.6 is 0 Å². The van der Waals surface area contributed by atoms with Crippen molar-refractivity contribution < 1.29 is 19.1 Å². The molecule has 0 atom stereocenters. The minimum Gasteiger partial charge on any atom is -0.497 e. The van der Waals surface area contributed by atoms with Crippen molar-refractivity contribution in [1.29, 1.82) is 0 Å². The van der Waals surface area contributed by atoms with E-state index in [1.807, 2.05) is 26.0 Å². The molecule has 0 saturated heterocycles. The molecule has 27 heavy (non-hydrogen) atoms. The second-order valence-electron chi connectivity index (χ2n) is 6.36. The summed E-state index contributed by atoms with van der Waals surface area (Å²) in [4.78, 5) is 25.7. The molecule has 1 N–H and O–H groups in total. The highest BCUT2D eigenvalue weighted by Crippen LogP contribution is 2.20. The zero-order chi connectivity index (χ0) is 19.8. The average molecular weight is 370 g/mol. The predicted octanol–water partition coefficient (Wildman–Crippen LogP) is 3.86. The van der Waals surface area contributed by atoms with Crippen LogP contribution in [0.3, 0.4) is 0 Å². The van der Waals surface area contributed by atoms with Gasteiger partial charge in [-0.05, 0) is 62.4 Å². The van der Waals surface area contributed by atoms with Gasteiger partial charge in [0.25, 0.3) is 0 Å². The smallest absolute Gasteiger partial charge is 0.226 e. The molecule has 0 spiro atoms. The van der Waals surface area contributed by atoms with Crippen molar-refractivity contribution in [1.82, 2.24) is 0 Å². The Kier molecular flexibility index (Phi) is 7.23. The Bertz CT molecular complexity index is 755. The number of hydrogen-bond acceptors (Lipinski definition) is 4. The fourth-order valence-corrected chi connectivity index (χ4v) is 2.56. The first-order valence-corrected chi connectivity index (χ1v) is 8.87. The van der Waals surface area contributed by atoms with Gasteiger partial charge in [0, 0.05) is 31.3 Å². The first-order chi connectivity index (χ1) is 12.9. The number of carbonyl (C=O) groups is 2. The van der Waals surface area contributed by atoms with Crippen LogP contribution in [0.25, 0.3) is 0 Å². The number of methoxy groups -OCH3 is 1. The van der Waals surface area contributed by atoms with Crippen molar-refractivity contribution in [2.24, 2.45) is 0 Å². The number of hydrogen-bond donors (Lipinski definition) is 1. The number of carbonyl (C=O) groups excluding carboxylic acids is 2. The average Bonchev–Trinajstić information content (AvgIpc) is 2.63. The molecule has 0 saturated carbocycles. The summed E-state index contributed by atoms with van der Waals surface area (Å²) in [5.74, 6) is 1.19. The molecule has 2 rings (SSSR count). The molecule has 0 unspecified atom stereocenters. The van der Waals surface area contributed by atoms with Crippen molar-refractivity contribution in [2.75, 3.05) is 23.9 Å². The topological polar surface area (TPSA) is 67.9 Å². The van der Waals surface area contributed by atoms with Crippen LogP contribution < -0.4 is 19.7 Å². The van der Waals surface area contributed by atoms with Crippen molar-refractivity contribution in [3.63, 3.8) is 0 Å². The van der Waals surface area contributed by atoms with Crippen LogP contribution in [0, 0.1) is 0 Å². The van der Waals surface area contributed by atoms with Crippen LogP contribution in [-0.2, 0) is 9.59 Å². The zero-order valence-electron chi connectivity index (χ0n) is 16.2. The fourth-order valence-electron chi connectivity index (χ4n) is 2.56. The highest BCUT2D eigenvalue weighted by atomic mass is 16.5. The van der Waals surface area contributed by atoms with Gasteiger partial charge in [0.1, 0.15) is 11.5 Å². The monoisotopic (exact) mass is 370 g/mol. The first kappa shape index (κ1) is 20.3. The summed E-state index contributed by atoms with van der Waals surface area (Å²) in [7, 11) is 1.59. The zero-order valence-corrected chi connectivity index (χ0v) is 16.2. The Morgan fingerprint density at radius 2 is 1.59 bits per heavy atom. The van der Waals surface area contributed by atoms with Crippen molar-refractivity contribution in [3.05, 3.63) is 48.5 Å². The third-order valence-electron chi connectivity index (χ3n) is 3.84. The summed E-state index contributed by atoms with van der Waals surface area (Å²) in [6.07, 6.45) is 0.288. The molecule has 0 aliphatic rings. The van der Waals surface area contributed by atoms with Gasteiger partial charge in [-0.2, -0.15) is 0 Å². The van der Waals surface area contributed by atoms with E-state index in [9.17, 15) is 9.59 Å². The Labute approximate surface area is 160 Å². The Morgan fingerprint density at radius 3 is 2.11 bits per heavy atom. The van der Waals surface area contributed by atoms with E-state index in [0.717, 1.165) is 11.4 Å². The van der Waals surface area contributed by atoms with Gasteiger partial charge in [-0.25, -0.2) is 0 Å². The van der Waals surface area contributed by atoms with Gasteiger partial charge in [0.15, 0.2) is 0 Å². The third-order valence-corrected chi connectivity index (χ3v) is 3.84. The normalized spacial score (nSPS) is 10.4. The SMILES string of the molecule is COc1ccc(N(CCC(=O)Nc2ccc(OC(C)C)cc2)C(C)=O)cc1. The summed E-state index contributed by atoms with van der Waals surface area (Å²) >= 11 is 0. The maximum Gasteiger partial charge on any atom is 0.226 e. The van der Waals surface area contributed by atoms with Gasteiger partial charge < -0.3 is 19.7 Å². The van der Waals surface area contributed by atoms with Crippen molar-refractivity contribution >= 4 is 23.2 Å². The second-order valence-corrected chi connectivity index (χ2v) is 6.36. The van der Waals surface area contributed by atoms with Gasteiger partial charge in [0.05, 0.1) is 13.2 Å². The quantitative estimate of drug-likeness (QED) is 0.766. The number of benzene rings is 2.